The lowest BCUT2D eigenvalue weighted by Crippen LogP contribution is -2.28. The van der Waals surface area contributed by atoms with E-state index in [2.05, 4.69) is 43.6 Å². The molecule has 0 unspecified atom stereocenters. The molecule has 0 saturated carbocycles. The van der Waals surface area contributed by atoms with Crippen LogP contribution < -0.4 is 5.32 Å². The van der Waals surface area contributed by atoms with Crippen LogP contribution in [0.2, 0.25) is 10.0 Å². The third-order valence-electron chi connectivity index (χ3n) is 4.26. The summed E-state index contributed by atoms with van der Waals surface area (Å²) < 4.78 is 3.07. The maximum Gasteiger partial charge on any atom is 0.251 e. The molecule has 9 heteroatoms. The van der Waals surface area contributed by atoms with Crippen LogP contribution in [0.5, 0.6) is 0 Å². The zero-order valence-corrected chi connectivity index (χ0v) is 19.7. The fraction of sp³-hybridized carbons (Fsp3) is 0.250. The van der Waals surface area contributed by atoms with Crippen LogP contribution >= 0.6 is 50.9 Å². The number of carbonyl (C=O) groups is 1. The van der Waals surface area contributed by atoms with Crippen molar-refractivity contribution in [3.8, 4) is 0 Å². The van der Waals surface area contributed by atoms with Gasteiger partial charge < -0.3 is 9.88 Å². The van der Waals surface area contributed by atoms with Gasteiger partial charge in [0.15, 0.2) is 11.0 Å². The molecule has 3 aromatic rings. The molecule has 1 heterocycles. The van der Waals surface area contributed by atoms with Gasteiger partial charge in [-0.1, -0.05) is 63.0 Å². The van der Waals surface area contributed by atoms with E-state index >= 15 is 0 Å². The Morgan fingerprint density at radius 1 is 1.17 bits per heavy atom. The van der Waals surface area contributed by atoms with Crippen molar-refractivity contribution in [1.82, 2.24) is 20.1 Å². The molecule has 0 aliphatic rings. The number of nitrogens with one attached hydrogen (secondary N) is 1. The van der Waals surface area contributed by atoms with Crippen molar-refractivity contribution in [3.05, 3.63) is 73.9 Å². The normalized spacial score (nSPS) is 12.0. The fourth-order valence-corrected chi connectivity index (χ4v) is 4.26. The number of hydrogen-bond donors (Lipinski definition) is 1. The van der Waals surface area contributed by atoms with E-state index in [9.17, 15) is 4.79 Å². The van der Waals surface area contributed by atoms with Gasteiger partial charge in [-0.15, -0.1) is 10.2 Å². The Labute approximate surface area is 192 Å². The lowest BCUT2D eigenvalue weighted by molar-refractivity contribution is 0.0937. The Morgan fingerprint density at radius 2 is 1.90 bits per heavy atom. The highest BCUT2D eigenvalue weighted by molar-refractivity contribution is 9.10. The van der Waals surface area contributed by atoms with Crippen LogP contribution in [0.25, 0.3) is 0 Å². The van der Waals surface area contributed by atoms with E-state index in [4.69, 9.17) is 23.2 Å². The quantitative estimate of drug-likeness (QED) is 0.385. The minimum absolute atomic E-state index is 0.245. The molecule has 5 nitrogen and oxygen atoms in total. The molecule has 0 bridgehead atoms. The zero-order valence-electron chi connectivity index (χ0n) is 15.8. The van der Waals surface area contributed by atoms with Crippen molar-refractivity contribution in [3.63, 3.8) is 0 Å². The Bertz CT molecular complexity index is 1010. The highest BCUT2D eigenvalue weighted by atomic mass is 79.9. The first-order valence-corrected chi connectivity index (χ1v) is 11.5. The summed E-state index contributed by atoms with van der Waals surface area (Å²) in [5, 5.41) is 13.2. The van der Waals surface area contributed by atoms with E-state index in [1.54, 1.807) is 30.0 Å². The van der Waals surface area contributed by atoms with Gasteiger partial charge in [-0.05, 0) is 49.7 Å². The monoisotopic (exact) mass is 512 g/mol. The van der Waals surface area contributed by atoms with Gasteiger partial charge in [0.2, 0.25) is 0 Å². The standard InChI is InChI=1S/C20H19BrCl2N4OS/c1-3-27-18(12(2)24-19(28)14-6-9-16(22)17(23)10-14)25-26-20(27)29-11-13-4-7-15(21)8-5-13/h4-10,12H,3,11H2,1-2H3,(H,24,28)/t12-/m1/s1. The number of rotatable bonds is 7. The Hall–Kier alpha value is -1.54. The molecule has 0 saturated heterocycles. The molecule has 0 aliphatic heterocycles. The second kappa shape index (κ2) is 9.98. The first-order valence-electron chi connectivity index (χ1n) is 8.95. The van der Waals surface area contributed by atoms with Gasteiger partial charge in [-0.25, -0.2) is 0 Å². The first-order chi connectivity index (χ1) is 13.9. The van der Waals surface area contributed by atoms with Gasteiger partial charge in [0, 0.05) is 22.3 Å². The van der Waals surface area contributed by atoms with Crippen molar-refractivity contribution >= 4 is 56.8 Å². The number of nitrogens with zero attached hydrogens (tertiary/aromatic N) is 3. The van der Waals surface area contributed by atoms with Gasteiger partial charge in [0.1, 0.15) is 0 Å². The molecule has 0 aliphatic carbocycles. The van der Waals surface area contributed by atoms with Gasteiger partial charge in [-0.2, -0.15) is 0 Å². The maximum absolute atomic E-state index is 12.6. The van der Waals surface area contributed by atoms with E-state index in [0.29, 0.717) is 28.0 Å². The van der Waals surface area contributed by atoms with Gasteiger partial charge in [0.05, 0.1) is 16.1 Å². The topological polar surface area (TPSA) is 59.8 Å². The van der Waals surface area contributed by atoms with Gasteiger partial charge in [0.25, 0.3) is 5.91 Å². The summed E-state index contributed by atoms with van der Waals surface area (Å²) >= 11 is 17.0. The number of aromatic nitrogens is 3. The van der Waals surface area contributed by atoms with E-state index in [1.165, 1.54) is 5.56 Å². The molecule has 3 rings (SSSR count). The molecule has 0 spiro atoms. The molecule has 2 aromatic carbocycles. The molecule has 29 heavy (non-hydrogen) atoms. The van der Waals surface area contributed by atoms with Crippen molar-refractivity contribution in [1.29, 1.82) is 0 Å². The molecule has 1 atom stereocenters. The van der Waals surface area contributed by atoms with Crippen LogP contribution in [0.1, 0.15) is 41.6 Å². The molecule has 1 N–H and O–H groups in total. The van der Waals surface area contributed by atoms with Crippen LogP contribution in [0.15, 0.2) is 52.1 Å². The number of amides is 1. The van der Waals surface area contributed by atoms with Crippen LogP contribution in [0.4, 0.5) is 0 Å². The van der Waals surface area contributed by atoms with Crippen LogP contribution in [0, 0.1) is 0 Å². The fourth-order valence-electron chi connectivity index (χ4n) is 2.73. The van der Waals surface area contributed by atoms with E-state index in [0.717, 1.165) is 15.4 Å². The molecule has 1 amide bonds. The number of carbonyl (C=O) groups excluding carboxylic acids is 1. The molecule has 0 radical (unpaired) electrons. The van der Waals surface area contributed by atoms with Crippen molar-refractivity contribution < 1.29 is 4.79 Å². The average Bonchev–Trinajstić information content (AvgIpc) is 3.12. The summed E-state index contributed by atoms with van der Waals surface area (Å²) in [5.41, 5.74) is 1.64. The van der Waals surface area contributed by atoms with Crippen LogP contribution in [-0.4, -0.2) is 20.7 Å². The molecule has 0 fully saturated rings. The van der Waals surface area contributed by atoms with Crippen LogP contribution in [-0.2, 0) is 12.3 Å². The minimum Gasteiger partial charge on any atom is -0.342 e. The summed E-state index contributed by atoms with van der Waals surface area (Å²) in [4.78, 5) is 12.6. The van der Waals surface area contributed by atoms with Crippen molar-refractivity contribution in [2.24, 2.45) is 0 Å². The van der Waals surface area contributed by atoms with E-state index < -0.39 is 0 Å². The zero-order chi connectivity index (χ0) is 21.0. The summed E-state index contributed by atoms with van der Waals surface area (Å²) in [6.07, 6.45) is 0. The summed E-state index contributed by atoms with van der Waals surface area (Å²) in [5.74, 6) is 1.25. The van der Waals surface area contributed by atoms with Gasteiger partial charge >= 0.3 is 0 Å². The lowest BCUT2D eigenvalue weighted by atomic mass is 10.2. The maximum atomic E-state index is 12.6. The largest absolute Gasteiger partial charge is 0.342 e. The Morgan fingerprint density at radius 3 is 2.55 bits per heavy atom. The predicted octanol–water partition coefficient (Wildman–Crippen LogP) is 6.15. The average molecular weight is 514 g/mol. The molecule has 152 valence electrons. The first kappa shape index (κ1) is 22.2. The number of hydrogen-bond acceptors (Lipinski definition) is 4. The summed E-state index contributed by atoms with van der Waals surface area (Å²) in [7, 11) is 0. The Kier molecular flexibility index (Phi) is 7.62. The second-order valence-corrected chi connectivity index (χ2v) is 9.00. The minimum atomic E-state index is -0.313. The Balaban J connectivity index is 1.70. The SMILES string of the molecule is CCn1c(SCc2ccc(Br)cc2)nnc1[C@@H](C)NC(=O)c1ccc(Cl)c(Cl)c1. The lowest BCUT2D eigenvalue weighted by Gasteiger charge is -2.15. The predicted molar refractivity (Wildman–Crippen MR) is 122 cm³/mol. The van der Waals surface area contributed by atoms with E-state index in [-0.39, 0.29) is 11.9 Å². The number of thioether (sulfide) groups is 1. The summed E-state index contributed by atoms with van der Waals surface area (Å²) in [6.45, 7) is 4.62. The van der Waals surface area contributed by atoms with Gasteiger partial charge in [-0.3, -0.25) is 4.79 Å². The smallest absolute Gasteiger partial charge is 0.251 e. The molecule has 1 aromatic heterocycles. The third kappa shape index (κ3) is 5.54. The van der Waals surface area contributed by atoms with Crippen molar-refractivity contribution in [2.75, 3.05) is 0 Å². The van der Waals surface area contributed by atoms with E-state index in [1.807, 2.05) is 30.5 Å². The molecular formula is C20H19BrCl2N4OS. The number of benzene rings is 2. The highest BCUT2D eigenvalue weighted by Crippen LogP contribution is 2.26. The molecular weight excluding hydrogens is 495 g/mol. The second-order valence-electron chi connectivity index (χ2n) is 6.32. The third-order valence-corrected chi connectivity index (χ3v) is 6.57. The highest BCUT2D eigenvalue weighted by Gasteiger charge is 2.20. The van der Waals surface area contributed by atoms with Crippen LogP contribution in [0.3, 0.4) is 0 Å². The van der Waals surface area contributed by atoms with Crippen molar-refractivity contribution in [2.45, 2.75) is 37.3 Å². The number of halogens is 3. The summed E-state index contributed by atoms with van der Waals surface area (Å²) in [6, 6.07) is 12.7.